The van der Waals surface area contributed by atoms with Gasteiger partial charge in [-0.15, -0.1) is 0 Å². The number of rotatable bonds is 7. The lowest BCUT2D eigenvalue weighted by molar-refractivity contribution is -0.161. The van der Waals surface area contributed by atoms with Crippen LogP contribution in [0.15, 0.2) is 18.2 Å². The van der Waals surface area contributed by atoms with Crippen LogP contribution >= 0.6 is 11.6 Å². The van der Waals surface area contributed by atoms with Gasteiger partial charge in [-0.3, -0.25) is 9.59 Å². The van der Waals surface area contributed by atoms with Crippen LogP contribution < -0.4 is 20.8 Å². The van der Waals surface area contributed by atoms with Crippen molar-refractivity contribution in [1.82, 2.24) is 21.1 Å². The van der Waals surface area contributed by atoms with E-state index < -0.39 is 29.1 Å². The topological polar surface area (TPSA) is 82.7 Å². The molecule has 1 aromatic rings. The number of alkyl halides is 1. The number of benzene rings is 1. The highest BCUT2D eigenvalue weighted by atomic mass is 35.5. The maximum atomic E-state index is 16.0. The van der Waals surface area contributed by atoms with Crippen LogP contribution in [0, 0.1) is 11.7 Å². The van der Waals surface area contributed by atoms with Crippen molar-refractivity contribution in [2.45, 2.75) is 106 Å². The van der Waals surface area contributed by atoms with Gasteiger partial charge < -0.3 is 15.4 Å². The molecule has 0 radical (unpaired) electrons. The third-order valence-corrected chi connectivity index (χ3v) is 9.53. The van der Waals surface area contributed by atoms with E-state index in [-0.39, 0.29) is 40.7 Å². The minimum Gasteiger partial charge on any atom is -0.484 e. The van der Waals surface area contributed by atoms with Crippen molar-refractivity contribution in [2.75, 3.05) is 13.7 Å². The van der Waals surface area contributed by atoms with Crippen molar-refractivity contribution in [3.05, 3.63) is 29.0 Å². The number of likely N-dealkylation sites (N-methyl/N-ethyl adjacent to an activating group) is 1. The van der Waals surface area contributed by atoms with E-state index in [4.69, 9.17) is 16.3 Å². The Morgan fingerprint density at radius 3 is 2.26 bits per heavy atom. The predicted molar refractivity (Wildman–Crippen MR) is 141 cm³/mol. The minimum atomic E-state index is -1.31. The molecule has 3 unspecified atom stereocenters. The number of ether oxygens (including phenoxy) is 1. The summed E-state index contributed by atoms with van der Waals surface area (Å²) in [5.74, 6) is -0.986. The molecule has 1 heterocycles. The number of hydrogen-bond acceptors (Lipinski definition) is 5. The lowest BCUT2D eigenvalue weighted by atomic mass is 9.44. The highest BCUT2D eigenvalue weighted by Crippen LogP contribution is 2.60. The fourth-order valence-corrected chi connectivity index (χ4v) is 7.64. The zero-order chi connectivity index (χ0) is 27.1. The molecule has 7 nitrogen and oxygen atoms in total. The number of carbonyl (C=O) groups excluding carboxylic acids is 2. The number of carbonyl (C=O) groups is 2. The molecule has 1 aromatic carbocycles. The highest BCUT2D eigenvalue weighted by Gasteiger charge is 2.71. The summed E-state index contributed by atoms with van der Waals surface area (Å²) in [5, 5.41) is 7.99. The molecule has 0 spiro atoms. The number of amides is 2. The van der Waals surface area contributed by atoms with E-state index in [0.717, 1.165) is 44.6 Å². The van der Waals surface area contributed by atoms with E-state index in [2.05, 4.69) is 16.1 Å². The first-order chi connectivity index (χ1) is 18.1. The monoisotopic (exact) mass is 552 g/mol. The summed E-state index contributed by atoms with van der Waals surface area (Å²) in [6.45, 7) is 1.56. The average Bonchev–Trinajstić information content (AvgIpc) is 3.14. The first-order valence-electron chi connectivity index (χ1n) is 13.9. The zero-order valence-corrected chi connectivity index (χ0v) is 23.0. The van der Waals surface area contributed by atoms with Gasteiger partial charge in [0.15, 0.2) is 6.61 Å². The van der Waals surface area contributed by atoms with Gasteiger partial charge in [0.1, 0.15) is 23.3 Å². The van der Waals surface area contributed by atoms with Gasteiger partial charge in [-0.05, 0) is 57.1 Å². The third kappa shape index (κ3) is 4.90. The van der Waals surface area contributed by atoms with Crippen LogP contribution in [-0.4, -0.2) is 59.3 Å². The lowest BCUT2D eigenvalue weighted by Gasteiger charge is -2.70. The summed E-state index contributed by atoms with van der Waals surface area (Å²) in [5.41, 5.74) is 1.15. The summed E-state index contributed by atoms with van der Waals surface area (Å²) in [6, 6.07) is 3.59. The molecule has 6 rings (SSSR count). The van der Waals surface area contributed by atoms with Crippen LogP contribution in [0.4, 0.5) is 8.78 Å². The normalized spacial score (nSPS) is 35.7. The summed E-state index contributed by atoms with van der Waals surface area (Å²) in [6.07, 6.45) is 8.89. The van der Waals surface area contributed by atoms with Crippen molar-refractivity contribution in [3.63, 3.8) is 0 Å². The summed E-state index contributed by atoms with van der Waals surface area (Å²) < 4.78 is 35.0. The summed E-state index contributed by atoms with van der Waals surface area (Å²) in [4.78, 5) is 26.5. The van der Waals surface area contributed by atoms with Crippen molar-refractivity contribution in [1.29, 1.82) is 0 Å². The first-order valence-corrected chi connectivity index (χ1v) is 14.3. The molecule has 2 amide bonds. The van der Waals surface area contributed by atoms with E-state index in [1.165, 1.54) is 25.0 Å². The predicted octanol–water partition coefficient (Wildman–Crippen LogP) is 4.43. The quantitative estimate of drug-likeness (QED) is 0.466. The van der Waals surface area contributed by atoms with E-state index in [1.807, 2.05) is 0 Å². The molecule has 4 aliphatic carbocycles. The third-order valence-electron chi connectivity index (χ3n) is 9.23. The van der Waals surface area contributed by atoms with Crippen molar-refractivity contribution >= 4 is 23.4 Å². The largest absolute Gasteiger partial charge is 0.484 e. The molecule has 1 saturated heterocycles. The molecule has 3 atom stereocenters. The Hall–Kier alpha value is -1.97. The Morgan fingerprint density at radius 1 is 1.08 bits per heavy atom. The molecule has 3 N–H and O–H groups in total. The molecule has 38 heavy (non-hydrogen) atoms. The molecular weight excluding hydrogens is 514 g/mol. The van der Waals surface area contributed by atoms with Crippen molar-refractivity contribution in [2.24, 2.45) is 5.92 Å². The summed E-state index contributed by atoms with van der Waals surface area (Å²) >= 11 is 5.68. The van der Waals surface area contributed by atoms with Crippen LogP contribution in [0.3, 0.4) is 0 Å². The SMILES string of the molecule is CC1NN(C)C(C(=O)NC23CC(NC(=O)COc4ccc(Cl)c(F)c4)(C2)C3)(C2CCCCCCCC2)C1F. The van der Waals surface area contributed by atoms with Gasteiger partial charge >= 0.3 is 0 Å². The molecule has 5 aliphatic rings. The zero-order valence-electron chi connectivity index (χ0n) is 22.3. The van der Waals surface area contributed by atoms with Crippen LogP contribution in [0.25, 0.3) is 0 Å². The van der Waals surface area contributed by atoms with Crippen molar-refractivity contribution in [3.8, 4) is 5.75 Å². The van der Waals surface area contributed by atoms with Crippen LogP contribution in [0.5, 0.6) is 5.75 Å². The molecule has 210 valence electrons. The Bertz CT molecular complexity index is 1040. The molecule has 4 saturated carbocycles. The van der Waals surface area contributed by atoms with Gasteiger partial charge in [-0.25, -0.2) is 19.2 Å². The van der Waals surface area contributed by atoms with E-state index >= 15 is 4.39 Å². The van der Waals surface area contributed by atoms with Crippen LogP contribution in [-0.2, 0) is 9.59 Å². The van der Waals surface area contributed by atoms with E-state index in [1.54, 1.807) is 19.0 Å². The Kier molecular flexibility index (Phi) is 7.66. The number of nitrogens with zero attached hydrogens (tertiary/aromatic N) is 1. The molecule has 2 bridgehead atoms. The molecule has 0 aromatic heterocycles. The fourth-order valence-electron chi connectivity index (χ4n) is 7.52. The standard InChI is InChI=1S/C28H39ClF2N4O3/c1-18-24(31)28(35(2)34-18,19-9-7-5-3-4-6-8-10-19)25(37)33-27-15-26(16-27,17-27)32-23(36)14-38-20-11-12-21(29)22(30)13-20/h11-13,18-19,24,34H,3-10,14-17H2,1-2H3,(H,32,36)(H,33,37). The Labute approximate surface area is 228 Å². The van der Waals surface area contributed by atoms with Gasteiger partial charge in [0.25, 0.3) is 5.91 Å². The second kappa shape index (κ2) is 10.5. The molecule has 10 heteroatoms. The van der Waals surface area contributed by atoms with Crippen LogP contribution in [0.1, 0.15) is 77.6 Å². The second-order valence-electron chi connectivity index (χ2n) is 12.1. The molecular formula is C28H39ClF2N4O3. The van der Waals surface area contributed by atoms with Gasteiger partial charge in [-0.2, -0.15) is 0 Å². The lowest BCUT2D eigenvalue weighted by Crippen LogP contribution is -2.85. The minimum absolute atomic E-state index is 0.0112. The van der Waals surface area contributed by atoms with Gasteiger partial charge in [0.05, 0.1) is 11.1 Å². The number of halogens is 3. The highest BCUT2D eigenvalue weighted by molar-refractivity contribution is 6.30. The fraction of sp³-hybridized carbons (Fsp3) is 0.714. The second-order valence-corrected chi connectivity index (χ2v) is 12.5. The van der Waals surface area contributed by atoms with Crippen molar-refractivity contribution < 1.29 is 23.1 Å². The smallest absolute Gasteiger partial charge is 0.258 e. The maximum absolute atomic E-state index is 16.0. The first kappa shape index (κ1) is 27.6. The van der Waals surface area contributed by atoms with E-state index in [9.17, 15) is 14.0 Å². The number of hydrogen-bond donors (Lipinski definition) is 3. The summed E-state index contributed by atoms with van der Waals surface area (Å²) in [7, 11) is 1.80. The van der Waals surface area contributed by atoms with Crippen LogP contribution in [0.2, 0.25) is 5.02 Å². The maximum Gasteiger partial charge on any atom is 0.258 e. The average molecular weight is 553 g/mol. The van der Waals surface area contributed by atoms with Gasteiger partial charge in [0, 0.05) is 24.2 Å². The van der Waals surface area contributed by atoms with E-state index in [0.29, 0.717) is 19.3 Å². The Balaban J connectivity index is 1.20. The van der Waals surface area contributed by atoms with Gasteiger partial charge in [-0.1, -0.05) is 50.1 Å². The number of hydrazine groups is 1. The Morgan fingerprint density at radius 2 is 1.68 bits per heavy atom. The molecule has 5 fully saturated rings. The number of nitrogens with one attached hydrogen (secondary N) is 3. The molecule has 1 aliphatic heterocycles. The van der Waals surface area contributed by atoms with Gasteiger partial charge in [0.2, 0.25) is 5.91 Å².